The van der Waals surface area contributed by atoms with Crippen molar-refractivity contribution in [1.29, 1.82) is 0 Å². The van der Waals surface area contributed by atoms with Gasteiger partial charge < -0.3 is 0 Å². The maximum Gasteiger partial charge on any atom is 0.146 e. The first kappa shape index (κ1) is 28.8. The lowest BCUT2D eigenvalue weighted by Gasteiger charge is -2.17. The summed E-state index contributed by atoms with van der Waals surface area (Å²) < 4.78 is 2.34. The molecule has 3 heteroatoms. The van der Waals surface area contributed by atoms with Crippen LogP contribution in [0.3, 0.4) is 0 Å². The Morgan fingerprint density at radius 3 is 2.06 bits per heavy atom. The number of aromatic nitrogens is 3. The highest BCUT2D eigenvalue weighted by Gasteiger charge is 2.18. The second kappa shape index (κ2) is 10.8. The van der Waals surface area contributed by atoms with Crippen molar-refractivity contribution < 1.29 is 0 Å². The molecule has 0 amide bonds. The van der Waals surface area contributed by atoms with Crippen LogP contribution in [0.1, 0.15) is 12.8 Å². The van der Waals surface area contributed by atoms with Gasteiger partial charge in [0.25, 0.3) is 0 Å². The molecule has 0 fully saturated rings. The number of hydrogen-bond acceptors (Lipinski definition) is 2. The number of imidazole rings is 1. The predicted octanol–water partition coefficient (Wildman–Crippen LogP) is 11.5. The molecule has 0 spiro atoms. The molecule has 1 aliphatic rings. The van der Waals surface area contributed by atoms with Gasteiger partial charge in [0.2, 0.25) is 0 Å². The summed E-state index contributed by atoms with van der Waals surface area (Å²) in [5.74, 6) is 0. The number of hydrogen-bond donors (Lipinski definition) is 0. The molecule has 0 radical (unpaired) electrons. The van der Waals surface area contributed by atoms with Gasteiger partial charge >= 0.3 is 0 Å². The Hall–Kier alpha value is -6.84. The van der Waals surface area contributed by atoms with E-state index in [1.807, 2.05) is 12.3 Å². The summed E-state index contributed by atoms with van der Waals surface area (Å²) in [7, 11) is 0. The fourth-order valence-electron chi connectivity index (χ4n) is 9.27. The van der Waals surface area contributed by atoms with Crippen molar-refractivity contribution in [2.45, 2.75) is 12.8 Å². The molecule has 8 aromatic carbocycles. The third kappa shape index (κ3) is 4.05. The Morgan fingerprint density at radius 2 is 1.17 bits per heavy atom. The summed E-state index contributed by atoms with van der Waals surface area (Å²) in [6.45, 7) is 0. The molecule has 12 rings (SSSR count). The van der Waals surface area contributed by atoms with Gasteiger partial charge in [0.05, 0.1) is 22.1 Å². The van der Waals surface area contributed by atoms with E-state index in [1.165, 1.54) is 70.4 Å². The number of benzene rings is 8. The molecule has 3 aromatic heterocycles. The molecule has 11 aromatic rings. The Bertz CT molecular complexity index is 3520. The second-order valence-electron chi connectivity index (χ2n) is 14.4. The molecule has 3 heterocycles. The van der Waals surface area contributed by atoms with Crippen LogP contribution in [0, 0.1) is 0 Å². The molecule has 1 aliphatic carbocycles. The third-order valence-electron chi connectivity index (χ3n) is 11.6. The Balaban J connectivity index is 1.14. The quantitative estimate of drug-likeness (QED) is 0.171. The minimum absolute atomic E-state index is 0.960. The van der Waals surface area contributed by atoms with Crippen LogP contribution in [0.25, 0.3) is 116 Å². The molecule has 53 heavy (non-hydrogen) atoms. The van der Waals surface area contributed by atoms with Gasteiger partial charge in [0, 0.05) is 27.7 Å². The van der Waals surface area contributed by atoms with Crippen LogP contribution in [-0.4, -0.2) is 14.4 Å². The van der Waals surface area contributed by atoms with Gasteiger partial charge in [-0.05, 0) is 120 Å². The molecular weight excluding hydrogens is 643 g/mol. The van der Waals surface area contributed by atoms with Crippen molar-refractivity contribution >= 4 is 93.7 Å². The maximum absolute atomic E-state index is 5.19. The highest BCUT2D eigenvalue weighted by atomic mass is 15.0. The number of rotatable bonds is 2. The van der Waals surface area contributed by atoms with Crippen molar-refractivity contribution in [3.05, 3.63) is 162 Å². The number of para-hydroxylation sites is 2. The highest BCUT2D eigenvalue weighted by molar-refractivity contribution is 6.26. The second-order valence-corrected chi connectivity index (χ2v) is 14.4. The first-order chi connectivity index (χ1) is 26.3. The Morgan fingerprint density at radius 1 is 0.453 bits per heavy atom. The predicted molar refractivity (Wildman–Crippen MR) is 224 cm³/mol. The molecular formula is C50H31N3. The monoisotopic (exact) mass is 673 g/mol. The van der Waals surface area contributed by atoms with Gasteiger partial charge in [-0.2, -0.15) is 0 Å². The first-order valence-corrected chi connectivity index (χ1v) is 18.5. The number of nitrogens with zero attached hydrogens (tertiary/aromatic N) is 3. The van der Waals surface area contributed by atoms with Gasteiger partial charge in [0.15, 0.2) is 0 Å². The van der Waals surface area contributed by atoms with Crippen LogP contribution in [0.15, 0.2) is 152 Å². The third-order valence-corrected chi connectivity index (χ3v) is 11.6. The topological polar surface area (TPSA) is 30.2 Å². The molecule has 246 valence electrons. The van der Waals surface area contributed by atoms with Crippen LogP contribution in [-0.2, 0) is 0 Å². The standard InChI is InChI=1S/C50H31N3/c1-2-16-36-34(14-1)35-15-3-5-18-38(35)47-39-19-6-4-17-37(39)42(29-43(36)47)33-12-9-11-31(27-33)32-23-24-40-46(28-32)53-45-21-8-7-20-44(45)52-50(53)41-25-22-30-13-10-26-51-49(30)48(40)41/h1-3,5,7-29H,4,6H2. The van der Waals surface area contributed by atoms with E-state index in [9.17, 15) is 0 Å². The fourth-order valence-corrected chi connectivity index (χ4v) is 9.27. The number of pyridine rings is 2. The van der Waals surface area contributed by atoms with Crippen molar-refractivity contribution in [2.75, 3.05) is 0 Å². The minimum Gasteiger partial charge on any atom is -0.292 e. The van der Waals surface area contributed by atoms with Crippen molar-refractivity contribution in [1.82, 2.24) is 14.4 Å². The lowest BCUT2D eigenvalue weighted by Crippen LogP contribution is -2.30. The summed E-state index contributed by atoms with van der Waals surface area (Å²) >= 11 is 0. The largest absolute Gasteiger partial charge is 0.292 e. The van der Waals surface area contributed by atoms with E-state index in [0.717, 1.165) is 56.7 Å². The SMILES string of the molecule is C1=c2c(-c3cccc(-c4ccc5c6c(ccc7cccnc76)c6nc7ccccc7n6c5c4)c3)cc3c4ccccc4c4ccccc4c3c2=CCC1. The fraction of sp³-hybridized carbons (Fsp3) is 0.0400. The van der Waals surface area contributed by atoms with Gasteiger partial charge in [-0.3, -0.25) is 9.38 Å². The van der Waals surface area contributed by atoms with Crippen LogP contribution in [0.2, 0.25) is 0 Å². The smallest absolute Gasteiger partial charge is 0.146 e. The van der Waals surface area contributed by atoms with E-state index in [1.54, 1.807) is 0 Å². The molecule has 3 nitrogen and oxygen atoms in total. The van der Waals surface area contributed by atoms with E-state index < -0.39 is 0 Å². The van der Waals surface area contributed by atoms with E-state index in [-0.39, 0.29) is 0 Å². The average molecular weight is 674 g/mol. The summed E-state index contributed by atoms with van der Waals surface area (Å²) in [6.07, 6.45) is 8.93. The zero-order valence-corrected chi connectivity index (χ0v) is 28.8. The molecule has 0 atom stereocenters. The van der Waals surface area contributed by atoms with Gasteiger partial charge in [-0.1, -0.05) is 115 Å². The zero-order chi connectivity index (χ0) is 34.6. The van der Waals surface area contributed by atoms with Crippen LogP contribution in [0.4, 0.5) is 0 Å². The van der Waals surface area contributed by atoms with Crippen molar-refractivity contribution in [3.8, 4) is 22.3 Å². The zero-order valence-electron chi connectivity index (χ0n) is 28.8. The van der Waals surface area contributed by atoms with E-state index in [4.69, 9.17) is 9.97 Å². The minimum atomic E-state index is 0.960. The van der Waals surface area contributed by atoms with Crippen LogP contribution in [0.5, 0.6) is 0 Å². The summed E-state index contributed by atoms with van der Waals surface area (Å²) in [5, 5.41) is 15.2. The molecule has 0 saturated heterocycles. The molecule has 0 N–H and O–H groups in total. The van der Waals surface area contributed by atoms with Crippen LogP contribution >= 0.6 is 0 Å². The summed E-state index contributed by atoms with van der Waals surface area (Å²) in [5.41, 5.74) is 10.1. The first-order valence-electron chi connectivity index (χ1n) is 18.5. The lowest BCUT2D eigenvalue weighted by atomic mass is 9.87. The van der Waals surface area contributed by atoms with Gasteiger partial charge in [-0.15, -0.1) is 0 Å². The van der Waals surface area contributed by atoms with E-state index >= 15 is 0 Å². The molecule has 0 aliphatic heterocycles. The van der Waals surface area contributed by atoms with E-state index in [2.05, 4.69) is 156 Å². The van der Waals surface area contributed by atoms with E-state index in [0.29, 0.717) is 0 Å². The number of fused-ring (bicyclic) bond motifs is 18. The average Bonchev–Trinajstić information content (AvgIpc) is 3.63. The maximum atomic E-state index is 5.19. The van der Waals surface area contributed by atoms with Crippen molar-refractivity contribution in [2.24, 2.45) is 0 Å². The lowest BCUT2D eigenvalue weighted by molar-refractivity contribution is 1.12. The Labute approximate surface area is 304 Å². The van der Waals surface area contributed by atoms with Crippen LogP contribution < -0.4 is 10.4 Å². The highest BCUT2D eigenvalue weighted by Crippen LogP contribution is 2.39. The molecule has 0 unspecified atom stereocenters. The summed E-state index contributed by atoms with van der Waals surface area (Å²) in [6, 6.07) is 53.3. The molecule has 0 saturated carbocycles. The normalized spacial score (nSPS) is 13.1. The van der Waals surface area contributed by atoms with Gasteiger partial charge in [-0.25, -0.2) is 4.98 Å². The Kier molecular flexibility index (Phi) is 5.89. The molecule has 0 bridgehead atoms. The van der Waals surface area contributed by atoms with Gasteiger partial charge in [0.1, 0.15) is 5.65 Å². The van der Waals surface area contributed by atoms with Crippen molar-refractivity contribution in [3.63, 3.8) is 0 Å². The summed E-state index contributed by atoms with van der Waals surface area (Å²) in [4.78, 5) is 10.1.